The Labute approximate surface area is 158 Å². The summed E-state index contributed by atoms with van der Waals surface area (Å²) in [6.07, 6.45) is 4.33. The topological polar surface area (TPSA) is 59.4 Å². The Balaban J connectivity index is 1.43. The summed E-state index contributed by atoms with van der Waals surface area (Å²) in [4.78, 5) is 14.5. The van der Waals surface area contributed by atoms with Crippen LogP contribution in [0.2, 0.25) is 0 Å². The summed E-state index contributed by atoms with van der Waals surface area (Å²) in [6.45, 7) is 3.87. The predicted octanol–water partition coefficient (Wildman–Crippen LogP) is 3.86. The zero-order chi connectivity index (χ0) is 18.6. The van der Waals surface area contributed by atoms with Gasteiger partial charge in [-0.05, 0) is 48.7 Å². The molecule has 6 heteroatoms. The summed E-state index contributed by atoms with van der Waals surface area (Å²) < 4.78 is 7.32. The third-order valence-electron chi connectivity index (χ3n) is 4.64. The van der Waals surface area contributed by atoms with Crippen molar-refractivity contribution in [2.24, 2.45) is 0 Å². The molecule has 138 valence electrons. The Morgan fingerprint density at radius 2 is 2.04 bits per heavy atom. The minimum atomic E-state index is -0.116. The molecule has 1 aromatic heterocycles. The maximum atomic E-state index is 12.7. The van der Waals surface area contributed by atoms with Crippen molar-refractivity contribution in [3.05, 3.63) is 72.1 Å². The second kappa shape index (κ2) is 7.53. The molecular formula is C21H22N4O2. The molecule has 0 saturated heterocycles. The lowest BCUT2D eigenvalue weighted by atomic mass is 10.00. The Kier molecular flexibility index (Phi) is 4.78. The van der Waals surface area contributed by atoms with Gasteiger partial charge in [-0.15, -0.1) is 0 Å². The summed E-state index contributed by atoms with van der Waals surface area (Å²) >= 11 is 0. The molecule has 1 N–H and O–H groups in total. The van der Waals surface area contributed by atoms with Crippen LogP contribution in [-0.4, -0.2) is 33.9 Å². The van der Waals surface area contributed by atoms with Gasteiger partial charge in [-0.1, -0.05) is 24.3 Å². The molecule has 4 rings (SSSR count). The number of amides is 2. The maximum absolute atomic E-state index is 12.7. The summed E-state index contributed by atoms with van der Waals surface area (Å²) in [6, 6.07) is 15.8. The Bertz CT molecular complexity index is 936. The summed E-state index contributed by atoms with van der Waals surface area (Å²) in [5.41, 5.74) is 4.05. The molecule has 2 heterocycles. The summed E-state index contributed by atoms with van der Waals surface area (Å²) in [7, 11) is 0. The molecule has 27 heavy (non-hydrogen) atoms. The number of benzene rings is 2. The standard InChI is InChI=1S/C21H22N4O2/c1-2-27-20-9-8-16-10-11-24(14-17(16)12-20)21(26)23-18-13-22-25(15-18)19-6-4-3-5-7-19/h3-9,12-13,15H,2,10-11,14H2,1H3,(H,23,26). The predicted molar refractivity (Wildman–Crippen MR) is 104 cm³/mol. The number of ether oxygens (including phenoxy) is 1. The number of fused-ring (bicyclic) bond motifs is 1. The van der Waals surface area contributed by atoms with Gasteiger partial charge in [-0.2, -0.15) is 5.10 Å². The van der Waals surface area contributed by atoms with Crippen LogP contribution in [0.25, 0.3) is 5.69 Å². The van der Waals surface area contributed by atoms with Crippen LogP contribution in [0.3, 0.4) is 0 Å². The third kappa shape index (κ3) is 3.79. The van der Waals surface area contributed by atoms with E-state index in [4.69, 9.17) is 4.74 Å². The molecular weight excluding hydrogens is 340 g/mol. The van der Waals surface area contributed by atoms with Gasteiger partial charge in [-0.25, -0.2) is 9.48 Å². The second-order valence-electron chi connectivity index (χ2n) is 6.47. The number of urea groups is 1. The largest absolute Gasteiger partial charge is 0.494 e. The van der Waals surface area contributed by atoms with Crippen molar-refractivity contribution in [1.29, 1.82) is 0 Å². The van der Waals surface area contributed by atoms with Crippen molar-refractivity contribution in [3.63, 3.8) is 0 Å². The highest BCUT2D eigenvalue weighted by molar-refractivity contribution is 5.89. The molecule has 0 aliphatic carbocycles. The fraction of sp³-hybridized carbons (Fsp3) is 0.238. The summed E-state index contributed by atoms with van der Waals surface area (Å²) in [5.74, 6) is 0.850. The van der Waals surface area contributed by atoms with Gasteiger partial charge in [0.25, 0.3) is 0 Å². The van der Waals surface area contributed by atoms with Gasteiger partial charge in [0.05, 0.1) is 30.4 Å². The van der Waals surface area contributed by atoms with Crippen molar-refractivity contribution in [1.82, 2.24) is 14.7 Å². The zero-order valence-electron chi connectivity index (χ0n) is 15.3. The van der Waals surface area contributed by atoms with E-state index in [1.54, 1.807) is 10.9 Å². The number of anilines is 1. The van der Waals surface area contributed by atoms with Crippen LogP contribution in [0.4, 0.5) is 10.5 Å². The minimum absolute atomic E-state index is 0.116. The Morgan fingerprint density at radius 3 is 2.85 bits per heavy atom. The number of aromatic nitrogens is 2. The lowest BCUT2D eigenvalue weighted by Gasteiger charge is -2.29. The number of carbonyl (C=O) groups excluding carboxylic acids is 1. The monoisotopic (exact) mass is 362 g/mol. The van der Waals surface area contributed by atoms with Gasteiger partial charge >= 0.3 is 6.03 Å². The number of hydrogen-bond donors (Lipinski definition) is 1. The fourth-order valence-corrected chi connectivity index (χ4v) is 3.28. The van der Waals surface area contributed by atoms with E-state index in [2.05, 4.69) is 16.5 Å². The van der Waals surface area contributed by atoms with E-state index in [-0.39, 0.29) is 6.03 Å². The van der Waals surface area contributed by atoms with Gasteiger partial charge in [-0.3, -0.25) is 0 Å². The molecule has 2 aromatic carbocycles. The first kappa shape index (κ1) is 17.1. The Morgan fingerprint density at radius 1 is 1.19 bits per heavy atom. The van der Waals surface area contributed by atoms with Crippen molar-refractivity contribution >= 4 is 11.7 Å². The van der Waals surface area contributed by atoms with Crippen molar-refractivity contribution in [2.45, 2.75) is 19.9 Å². The van der Waals surface area contributed by atoms with E-state index < -0.39 is 0 Å². The van der Waals surface area contributed by atoms with Gasteiger partial charge in [0.1, 0.15) is 5.75 Å². The first-order valence-electron chi connectivity index (χ1n) is 9.13. The van der Waals surface area contributed by atoms with Gasteiger partial charge in [0.15, 0.2) is 0 Å². The molecule has 0 saturated carbocycles. The lowest BCUT2D eigenvalue weighted by molar-refractivity contribution is 0.206. The number of nitrogens with zero attached hydrogens (tertiary/aromatic N) is 3. The van der Waals surface area contributed by atoms with Crippen molar-refractivity contribution in [3.8, 4) is 11.4 Å². The van der Waals surface area contributed by atoms with Gasteiger partial charge in [0, 0.05) is 13.1 Å². The number of nitrogens with one attached hydrogen (secondary N) is 1. The van der Waals surface area contributed by atoms with E-state index in [0.717, 1.165) is 23.4 Å². The zero-order valence-corrected chi connectivity index (χ0v) is 15.3. The smallest absolute Gasteiger partial charge is 0.322 e. The maximum Gasteiger partial charge on any atom is 0.322 e. The number of rotatable bonds is 4. The first-order chi connectivity index (χ1) is 13.2. The molecule has 0 unspecified atom stereocenters. The average Bonchev–Trinajstić information content (AvgIpc) is 3.17. The minimum Gasteiger partial charge on any atom is -0.494 e. The molecule has 0 bridgehead atoms. The normalized spacial score (nSPS) is 13.1. The average molecular weight is 362 g/mol. The highest BCUT2D eigenvalue weighted by Gasteiger charge is 2.21. The molecule has 0 atom stereocenters. The molecule has 0 spiro atoms. The molecule has 0 fully saturated rings. The number of hydrogen-bond acceptors (Lipinski definition) is 3. The van der Waals surface area contributed by atoms with Crippen LogP contribution < -0.4 is 10.1 Å². The summed E-state index contributed by atoms with van der Waals surface area (Å²) in [5, 5.41) is 7.26. The lowest BCUT2D eigenvalue weighted by Crippen LogP contribution is -2.38. The van der Waals surface area contributed by atoms with E-state index >= 15 is 0 Å². The van der Waals surface area contributed by atoms with Crippen LogP contribution in [0, 0.1) is 0 Å². The van der Waals surface area contributed by atoms with Gasteiger partial charge in [0.2, 0.25) is 0 Å². The van der Waals surface area contributed by atoms with Crippen LogP contribution in [-0.2, 0) is 13.0 Å². The van der Waals surface area contributed by atoms with Crippen molar-refractivity contribution in [2.75, 3.05) is 18.5 Å². The van der Waals surface area contributed by atoms with E-state index in [1.807, 2.05) is 60.5 Å². The fourth-order valence-electron chi connectivity index (χ4n) is 3.28. The molecule has 0 radical (unpaired) electrons. The van der Waals surface area contributed by atoms with Crippen LogP contribution >= 0.6 is 0 Å². The van der Waals surface area contributed by atoms with Gasteiger partial charge < -0.3 is 15.0 Å². The quantitative estimate of drug-likeness (QED) is 0.767. The molecule has 3 aromatic rings. The molecule has 2 amide bonds. The van der Waals surface area contributed by atoms with E-state index in [9.17, 15) is 4.79 Å². The SMILES string of the molecule is CCOc1ccc2c(c1)CN(C(=O)Nc1cnn(-c3ccccc3)c1)CC2. The number of carbonyl (C=O) groups is 1. The van der Waals surface area contributed by atoms with E-state index in [0.29, 0.717) is 25.4 Å². The van der Waals surface area contributed by atoms with E-state index in [1.165, 1.54) is 5.56 Å². The number of para-hydroxylation sites is 1. The second-order valence-corrected chi connectivity index (χ2v) is 6.47. The molecule has 6 nitrogen and oxygen atoms in total. The molecule has 1 aliphatic rings. The van der Waals surface area contributed by atoms with Crippen LogP contribution in [0.1, 0.15) is 18.1 Å². The van der Waals surface area contributed by atoms with Crippen molar-refractivity contribution < 1.29 is 9.53 Å². The van der Waals surface area contributed by atoms with Crippen LogP contribution in [0.5, 0.6) is 5.75 Å². The Hall–Kier alpha value is -3.28. The highest BCUT2D eigenvalue weighted by atomic mass is 16.5. The molecule has 1 aliphatic heterocycles. The highest BCUT2D eigenvalue weighted by Crippen LogP contribution is 2.24. The first-order valence-corrected chi connectivity index (χ1v) is 9.13. The third-order valence-corrected chi connectivity index (χ3v) is 4.64. The van der Waals surface area contributed by atoms with Crippen LogP contribution in [0.15, 0.2) is 60.9 Å².